The molecule has 0 bridgehead atoms. The number of hydrogen-bond acceptors (Lipinski definition) is 6. The molecule has 2 heterocycles. The topological polar surface area (TPSA) is 101 Å². The first kappa shape index (κ1) is 19.9. The van der Waals surface area contributed by atoms with E-state index < -0.39 is 22.4 Å². The Balaban J connectivity index is 1.35. The van der Waals surface area contributed by atoms with Crippen molar-refractivity contribution in [2.45, 2.75) is 44.2 Å². The highest BCUT2D eigenvalue weighted by Gasteiger charge is 2.42. The second-order valence-corrected chi connectivity index (χ2v) is 10.1. The first-order valence-electron chi connectivity index (χ1n) is 9.93. The number of ether oxygens (including phenoxy) is 1. The Labute approximate surface area is 169 Å². The van der Waals surface area contributed by atoms with Crippen LogP contribution in [0.2, 0.25) is 0 Å². The monoisotopic (exact) mass is 420 g/mol. The molecule has 0 radical (unpaired) electrons. The van der Waals surface area contributed by atoms with Crippen molar-refractivity contribution in [3.63, 3.8) is 0 Å². The van der Waals surface area contributed by atoms with Gasteiger partial charge in [-0.2, -0.15) is 0 Å². The van der Waals surface area contributed by atoms with E-state index in [-0.39, 0.29) is 35.4 Å². The Hall–Kier alpha value is -2.42. The minimum atomic E-state index is -3.10. The Bertz CT molecular complexity index is 923. The summed E-state index contributed by atoms with van der Waals surface area (Å²) in [6.45, 7) is 0.267. The second-order valence-electron chi connectivity index (χ2n) is 7.86. The Morgan fingerprint density at radius 3 is 2.38 bits per heavy atom. The summed E-state index contributed by atoms with van der Waals surface area (Å²) in [5, 5.41) is 0. The van der Waals surface area contributed by atoms with Crippen LogP contribution in [0.5, 0.6) is 0 Å². The highest BCUT2D eigenvalue weighted by atomic mass is 32.2. The van der Waals surface area contributed by atoms with E-state index in [0.29, 0.717) is 24.9 Å². The minimum absolute atomic E-state index is 0.0140. The molecule has 0 aromatic heterocycles. The van der Waals surface area contributed by atoms with Gasteiger partial charge in [-0.1, -0.05) is 0 Å². The summed E-state index contributed by atoms with van der Waals surface area (Å²) in [5.41, 5.74) is 1.04. The van der Waals surface area contributed by atoms with Gasteiger partial charge in [0.25, 0.3) is 5.91 Å². The molecule has 0 spiro atoms. The lowest BCUT2D eigenvalue weighted by Crippen LogP contribution is -2.44. The molecule has 1 aliphatic carbocycles. The van der Waals surface area contributed by atoms with Crippen LogP contribution in [-0.2, 0) is 24.2 Å². The predicted octanol–water partition coefficient (Wildman–Crippen LogP) is 1.15. The van der Waals surface area contributed by atoms with E-state index in [2.05, 4.69) is 0 Å². The minimum Gasteiger partial charge on any atom is -0.452 e. The van der Waals surface area contributed by atoms with Gasteiger partial charge in [-0.05, 0) is 49.9 Å². The van der Waals surface area contributed by atoms with Gasteiger partial charge in [0, 0.05) is 30.7 Å². The zero-order valence-electron chi connectivity index (χ0n) is 16.1. The van der Waals surface area contributed by atoms with Gasteiger partial charge in [-0.25, -0.2) is 13.2 Å². The first-order valence-corrected chi connectivity index (χ1v) is 11.8. The van der Waals surface area contributed by atoms with Gasteiger partial charge < -0.3 is 14.5 Å². The van der Waals surface area contributed by atoms with E-state index in [9.17, 15) is 22.8 Å². The maximum Gasteiger partial charge on any atom is 0.338 e. The van der Waals surface area contributed by atoms with Gasteiger partial charge >= 0.3 is 5.97 Å². The van der Waals surface area contributed by atoms with Crippen molar-refractivity contribution >= 4 is 33.3 Å². The standard InChI is InChI=1S/C20H24N2O6S/c23-18-2-1-10-21(18)15-5-3-14(4-6-15)20(25)28-12-19(24)22(16-7-8-16)17-9-11-29(26,27)13-17/h3-6,16-17H,1-2,7-13H2/t17-/m1/s1. The number of anilines is 1. The molecule has 1 aromatic rings. The molecule has 1 atom stereocenters. The van der Waals surface area contributed by atoms with Crippen LogP contribution >= 0.6 is 0 Å². The summed E-state index contributed by atoms with van der Waals surface area (Å²) >= 11 is 0. The van der Waals surface area contributed by atoms with Crippen LogP contribution in [0.1, 0.15) is 42.5 Å². The fourth-order valence-corrected chi connectivity index (χ4v) is 5.75. The molecule has 156 valence electrons. The third kappa shape index (κ3) is 4.44. The van der Waals surface area contributed by atoms with Gasteiger partial charge in [-0.15, -0.1) is 0 Å². The van der Waals surface area contributed by atoms with Gasteiger partial charge in [0.1, 0.15) is 0 Å². The zero-order chi connectivity index (χ0) is 20.6. The lowest BCUT2D eigenvalue weighted by atomic mass is 10.2. The lowest BCUT2D eigenvalue weighted by Gasteiger charge is -2.28. The number of hydrogen-bond donors (Lipinski definition) is 0. The molecule has 3 fully saturated rings. The van der Waals surface area contributed by atoms with Crippen LogP contribution in [0.4, 0.5) is 5.69 Å². The maximum absolute atomic E-state index is 12.6. The predicted molar refractivity (Wildman–Crippen MR) is 105 cm³/mol. The van der Waals surface area contributed by atoms with Crippen LogP contribution in [0, 0.1) is 0 Å². The SMILES string of the molecule is O=C(OCC(=O)N(C1CC1)[C@@H]1CCS(=O)(=O)C1)c1ccc(N2CCCC2=O)cc1. The number of benzene rings is 1. The van der Waals surface area contributed by atoms with Crippen molar-refractivity contribution in [1.29, 1.82) is 0 Å². The average molecular weight is 420 g/mol. The number of sulfone groups is 1. The van der Waals surface area contributed by atoms with Crippen LogP contribution < -0.4 is 4.90 Å². The van der Waals surface area contributed by atoms with Crippen LogP contribution in [0.25, 0.3) is 0 Å². The van der Waals surface area contributed by atoms with Crippen molar-refractivity contribution in [2.24, 2.45) is 0 Å². The smallest absolute Gasteiger partial charge is 0.338 e. The largest absolute Gasteiger partial charge is 0.452 e. The summed E-state index contributed by atoms with van der Waals surface area (Å²) in [6, 6.07) is 6.28. The number of esters is 1. The highest BCUT2D eigenvalue weighted by molar-refractivity contribution is 7.91. The fraction of sp³-hybridized carbons (Fsp3) is 0.550. The van der Waals surface area contributed by atoms with Crippen LogP contribution in [0.15, 0.2) is 24.3 Å². The fourth-order valence-electron chi connectivity index (χ4n) is 4.04. The Morgan fingerprint density at radius 2 is 1.83 bits per heavy atom. The maximum atomic E-state index is 12.6. The first-order chi connectivity index (χ1) is 13.8. The van der Waals surface area contributed by atoms with E-state index >= 15 is 0 Å². The number of carbonyl (C=O) groups excluding carboxylic acids is 3. The normalized spacial score (nSPS) is 23.2. The highest BCUT2D eigenvalue weighted by Crippen LogP contribution is 2.32. The molecule has 0 N–H and O–H groups in total. The molecule has 9 heteroatoms. The zero-order valence-corrected chi connectivity index (χ0v) is 16.9. The van der Waals surface area contributed by atoms with Crippen LogP contribution in [-0.4, -0.2) is 67.8 Å². The third-order valence-corrected chi connectivity index (χ3v) is 7.40. The van der Waals surface area contributed by atoms with Gasteiger partial charge in [0.15, 0.2) is 16.4 Å². The molecule has 2 aliphatic heterocycles. The molecule has 1 aromatic carbocycles. The summed E-state index contributed by atoms with van der Waals surface area (Å²) < 4.78 is 28.7. The number of carbonyl (C=O) groups is 3. The molecular formula is C20H24N2O6S. The molecule has 0 unspecified atom stereocenters. The van der Waals surface area contributed by atoms with Gasteiger partial charge in [-0.3, -0.25) is 9.59 Å². The van der Waals surface area contributed by atoms with Crippen molar-refractivity contribution < 1.29 is 27.5 Å². The number of amides is 2. The van der Waals surface area contributed by atoms with Crippen molar-refractivity contribution in [2.75, 3.05) is 29.6 Å². The molecule has 29 heavy (non-hydrogen) atoms. The summed E-state index contributed by atoms with van der Waals surface area (Å²) in [6.07, 6.45) is 3.51. The molecule has 1 saturated carbocycles. The van der Waals surface area contributed by atoms with Gasteiger partial charge in [0.2, 0.25) is 5.91 Å². The van der Waals surface area contributed by atoms with Gasteiger partial charge in [0.05, 0.1) is 17.1 Å². The molecular weight excluding hydrogens is 396 g/mol. The average Bonchev–Trinajstić information content (AvgIpc) is 3.33. The van der Waals surface area contributed by atoms with E-state index in [4.69, 9.17) is 4.74 Å². The lowest BCUT2D eigenvalue weighted by molar-refractivity contribution is -0.137. The van der Waals surface area contributed by atoms with E-state index in [1.807, 2.05) is 0 Å². The summed E-state index contributed by atoms with van der Waals surface area (Å²) in [7, 11) is -3.10. The second kappa shape index (κ2) is 7.78. The van der Waals surface area contributed by atoms with E-state index in [0.717, 1.165) is 24.9 Å². The third-order valence-electron chi connectivity index (χ3n) is 5.64. The number of nitrogens with zero attached hydrogens (tertiary/aromatic N) is 2. The molecule has 2 amide bonds. The molecule has 2 saturated heterocycles. The summed E-state index contributed by atoms with van der Waals surface area (Å²) in [4.78, 5) is 40.0. The Kier molecular flexibility index (Phi) is 5.33. The van der Waals surface area contributed by atoms with Crippen molar-refractivity contribution in [1.82, 2.24) is 4.90 Å². The molecule has 4 rings (SSSR count). The quantitative estimate of drug-likeness (QED) is 0.640. The molecule has 3 aliphatic rings. The van der Waals surface area contributed by atoms with E-state index in [1.54, 1.807) is 34.1 Å². The summed E-state index contributed by atoms with van der Waals surface area (Å²) in [5.74, 6) is -0.811. The van der Waals surface area contributed by atoms with Crippen molar-refractivity contribution in [3.8, 4) is 0 Å². The van der Waals surface area contributed by atoms with Crippen molar-refractivity contribution in [3.05, 3.63) is 29.8 Å². The number of rotatable bonds is 6. The molecule has 8 nitrogen and oxygen atoms in total. The van der Waals surface area contributed by atoms with E-state index in [1.165, 1.54) is 0 Å². The van der Waals surface area contributed by atoms with Crippen LogP contribution in [0.3, 0.4) is 0 Å². The Morgan fingerprint density at radius 1 is 1.10 bits per heavy atom.